The fourth-order valence-electron chi connectivity index (χ4n) is 1.93. The molecule has 0 saturated carbocycles. The highest BCUT2D eigenvalue weighted by Gasteiger charge is 2.57. The SMILES string of the molecule is CCOC(N)=O.OC[C@@H](O)[C@H]1O[C@@H]2O[C@H](C(Cl)(Cl)Cl)O[C@@H]2[C@H]1O. The molecule has 2 aliphatic rings. The van der Waals surface area contributed by atoms with Gasteiger partial charge in [0.25, 0.3) is 0 Å². The van der Waals surface area contributed by atoms with Crippen molar-refractivity contribution in [3.05, 3.63) is 0 Å². The van der Waals surface area contributed by atoms with Gasteiger partial charge in [-0.25, -0.2) is 4.79 Å². The Kier molecular flexibility index (Phi) is 8.05. The first kappa shape index (κ1) is 20.9. The Hall–Kier alpha value is -0.100. The van der Waals surface area contributed by atoms with Crippen molar-refractivity contribution < 1.29 is 39.1 Å². The van der Waals surface area contributed by atoms with Crippen LogP contribution < -0.4 is 5.73 Å². The number of carbonyl (C=O) groups is 1. The number of primary amides is 1. The fraction of sp³-hybridized carbons (Fsp3) is 0.909. The lowest BCUT2D eigenvalue weighted by Gasteiger charge is -2.24. The van der Waals surface area contributed by atoms with E-state index in [1.54, 1.807) is 6.92 Å². The van der Waals surface area contributed by atoms with E-state index in [1.165, 1.54) is 0 Å². The molecule has 0 radical (unpaired) electrons. The van der Waals surface area contributed by atoms with Gasteiger partial charge in [0.15, 0.2) is 6.29 Å². The first-order chi connectivity index (χ1) is 10.6. The van der Waals surface area contributed by atoms with Crippen molar-refractivity contribution in [3.8, 4) is 0 Å². The summed E-state index contributed by atoms with van der Waals surface area (Å²) in [6.45, 7) is 1.51. The van der Waals surface area contributed by atoms with Crippen molar-refractivity contribution in [1.29, 1.82) is 0 Å². The van der Waals surface area contributed by atoms with Gasteiger partial charge in [0.05, 0.1) is 13.2 Å². The predicted molar refractivity (Wildman–Crippen MR) is 79.0 cm³/mol. The normalized spacial score (nSPS) is 34.3. The summed E-state index contributed by atoms with van der Waals surface area (Å²) in [5.74, 6) is 0. The second-order valence-electron chi connectivity index (χ2n) is 4.57. The van der Waals surface area contributed by atoms with Crippen LogP contribution in [0.3, 0.4) is 0 Å². The first-order valence-corrected chi connectivity index (χ1v) is 7.67. The summed E-state index contributed by atoms with van der Waals surface area (Å²) in [6, 6.07) is 0. The molecule has 0 bridgehead atoms. The molecule has 136 valence electrons. The van der Waals surface area contributed by atoms with Crippen LogP contribution in [0, 0.1) is 0 Å². The van der Waals surface area contributed by atoms with Crippen LogP contribution in [0.5, 0.6) is 0 Å². The van der Waals surface area contributed by atoms with Crippen molar-refractivity contribution >= 4 is 40.9 Å². The number of aliphatic hydroxyl groups excluding tert-OH is 3. The summed E-state index contributed by atoms with van der Waals surface area (Å²) in [7, 11) is 0. The smallest absolute Gasteiger partial charge is 0.404 e. The number of nitrogens with two attached hydrogens (primary N) is 1. The number of amides is 1. The van der Waals surface area contributed by atoms with E-state index < -0.39 is 53.5 Å². The quantitative estimate of drug-likeness (QED) is 0.472. The van der Waals surface area contributed by atoms with Gasteiger partial charge in [0.2, 0.25) is 10.1 Å². The lowest BCUT2D eigenvalue weighted by atomic mass is 10.1. The lowest BCUT2D eigenvalue weighted by Crippen LogP contribution is -2.42. The number of fused-ring (bicyclic) bond motifs is 1. The molecule has 0 spiro atoms. The van der Waals surface area contributed by atoms with Crippen LogP contribution in [0.25, 0.3) is 0 Å². The van der Waals surface area contributed by atoms with Gasteiger partial charge in [-0.1, -0.05) is 34.8 Å². The molecule has 2 aliphatic heterocycles. The average Bonchev–Trinajstić information content (AvgIpc) is 2.98. The van der Waals surface area contributed by atoms with E-state index in [2.05, 4.69) is 10.5 Å². The van der Waals surface area contributed by atoms with Gasteiger partial charge < -0.3 is 40.0 Å². The van der Waals surface area contributed by atoms with Gasteiger partial charge in [-0.05, 0) is 6.92 Å². The van der Waals surface area contributed by atoms with E-state index in [0.29, 0.717) is 6.61 Å². The van der Waals surface area contributed by atoms with E-state index in [0.717, 1.165) is 0 Å². The molecule has 1 amide bonds. The number of hydrogen-bond donors (Lipinski definition) is 4. The zero-order valence-electron chi connectivity index (χ0n) is 12.0. The first-order valence-electron chi connectivity index (χ1n) is 6.54. The summed E-state index contributed by atoms with van der Waals surface area (Å²) < 4.78 is 17.9. The highest BCUT2D eigenvalue weighted by molar-refractivity contribution is 6.67. The van der Waals surface area contributed by atoms with E-state index in [9.17, 15) is 15.0 Å². The molecule has 0 aromatic carbocycles. The molecule has 9 nitrogen and oxygen atoms in total. The summed E-state index contributed by atoms with van der Waals surface area (Å²) in [4.78, 5) is 9.60. The number of aliphatic hydroxyl groups is 3. The van der Waals surface area contributed by atoms with Crippen LogP contribution in [0.1, 0.15) is 6.92 Å². The molecule has 2 fully saturated rings. The van der Waals surface area contributed by atoms with E-state index in [1.807, 2.05) is 0 Å². The molecule has 0 aliphatic carbocycles. The van der Waals surface area contributed by atoms with Crippen molar-refractivity contribution in [2.45, 2.75) is 47.7 Å². The Bertz CT molecular complexity index is 396. The van der Waals surface area contributed by atoms with Crippen LogP contribution in [0.15, 0.2) is 0 Å². The van der Waals surface area contributed by atoms with Crippen molar-refractivity contribution in [2.24, 2.45) is 5.73 Å². The molecule has 0 aromatic heterocycles. The second-order valence-corrected chi connectivity index (χ2v) is 6.94. The monoisotopic (exact) mass is 397 g/mol. The number of carbonyl (C=O) groups excluding carboxylic acids is 1. The van der Waals surface area contributed by atoms with Crippen molar-refractivity contribution in [3.63, 3.8) is 0 Å². The van der Waals surface area contributed by atoms with Crippen LogP contribution in [-0.4, -0.2) is 75.4 Å². The summed E-state index contributed by atoms with van der Waals surface area (Å²) in [5, 5.41) is 28.0. The minimum absolute atomic E-state index is 0.356. The molecular formula is C11H18Cl3NO8. The number of hydrogen-bond acceptors (Lipinski definition) is 8. The Morgan fingerprint density at radius 2 is 1.96 bits per heavy atom. The third-order valence-electron chi connectivity index (χ3n) is 2.89. The Balaban J connectivity index is 0.000000379. The van der Waals surface area contributed by atoms with E-state index >= 15 is 0 Å². The van der Waals surface area contributed by atoms with Crippen molar-refractivity contribution in [1.82, 2.24) is 0 Å². The van der Waals surface area contributed by atoms with Gasteiger partial charge in [0, 0.05) is 0 Å². The summed E-state index contributed by atoms with van der Waals surface area (Å²) in [6.07, 6.45) is -7.04. The molecule has 2 heterocycles. The van der Waals surface area contributed by atoms with Gasteiger partial charge >= 0.3 is 6.09 Å². The zero-order chi connectivity index (χ0) is 17.8. The van der Waals surface area contributed by atoms with Crippen molar-refractivity contribution in [2.75, 3.05) is 13.2 Å². The Morgan fingerprint density at radius 1 is 1.35 bits per heavy atom. The van der Waals surface area contributed by atoms with E-state index in [-0.39, 0.29) is 0 Å². The number of rotatable bonds is 3. The highest BCUT2D eigenvalue weighted by Crippen LogP contribution is 2.42. The van der Waals surface area contributed by atoms with E-state index in [4.69, 9.17) is 54.1 Å². The third kappa shape index (κ3) is 5.73. The zero-order valence-corrected chi connectivity index (χ0v) is 14.2. The summed E-state index contributed by atoms with van der Waals surface area (Å²) in [5.41, 5.74) is 4.54. The molecule has 2 saturated heterocycles. The van der Waals surface area contributed by atoms with Crippen LogP contribution in [-0.2, 0) is 18.9 Å². The number of ether oxygens (including phenoxy) is 4. The average molecular weight is 399 g/mol. The van der Waals surface area contributed by atoms with Crippen LogP contribution in [0.4, 0.5) is 4.79 Å². The topological polar surface area (TPSA) is 141 Å². The standard InChI is InChI=1S/C8H11Cl3O6.C3H7NO2/c9-8(10,11)7-16-5-3(14)4(2(13)1-12)15-6(5)17-7;1-2-6-3(4)5/h2-7,12-14H,1H2;2H2,1H3,(H2,4,5)/t2-,3+,4-,5-,6-,7-;/m1./s1. The maximum Gasteiger partial charge on any atom is 0.404 e. The molecule has 6 atom stereocenters. The number of alkyl halides is 3. The second kappa shape index (κ2) is 8.84. The van der Waals surface area contributed by atoms with Gasteiger partial charge in [-0.2, -0.15) is 0 Å². The molecule has 23 heavy (non-hydrogen) atoms. The molecule has 0 unspecified atom stereocenters. The number of halogens is 3. The minimum atomic E-state index is -1.79. The predicted octanol–water partition coefficient (Wildman–Crippen LogP) is -0.361. The molecule has 2 rings (SSSR count). The Morgan fingerprint density at radius 3 is 2.30 bits per heavy atom. The summed E-state index contributed by atoms with van der Waals surface area (Å²) >= 11 is 16.7. The fourth-order valence-corrected chi connectivity index (χ4v) is 2.24. The van der Waals surface area contributed by atoms with Gasteiger partial charge in [-0.3, -0.25) is 0 Å². The maximum atomic E-state index is 9.81. The lowest BCUT2D eigenvalue weighted by molar-refractivity contribution is -0.188. The Labute approximate surface area is 147 Å². The molecule has 5 N–H and O–H groups in total. The van der Waals surface area contributed by atoms with Gasteiger partial charge in [0.1, 0.15) is 24.4 Å². The van der Waals surface area contributed by atoms with Crippen LogP contribution >= 0.6 is 34.8 Å². The molecular weight excluding hydrogens is 380 g/mol. The third-order valence-corrected chi connectivity index (χ3v) is 3.43. The molecule has 0 aromatic rings. The van der Waals surface area contributed by atoms with Crippen LogP contribution in [0.2, 0.25) is 0 Å². The maximum absolute atomic E-state index is 9.81. The highest BCUT2D eigenvalue weighted by atomic mass is 35.6. The largest absolute Gasteiger partial charge is 0.450 e. The molecule has 12 heteroatoms. The minimum Gasteiger partial charge on any atom is -0.450 e. The van der Waals surface area contributed by atoms with Gasteiger partial charge in [-0.15, -0.1) is 0 Å².